The van der Waals surface area contributed by atoms with Crippen LogP contribution < -0.4 is 10.6 Å². The van der Waals surface area contributed by atoms with Crippen molar-refractivity contribution in [3.8, 4) is 0 Å². The summed E-state index contributed by atoms with van der Waals surface area (Å²) in [5.74, 6) is 1.87. The van der Waals surface area contributed by atoms with Crippen molar-refractivity contribution < 1.29 is 0 Å². The highest BCUT2D eigenvalue weighted by Gasteiger charge is 2.29. The maximum atomic E-state index is 5.82. The largest absolute Gasteiger partial charge is 0.340 e. The summed E-state index contributed by atoms with van der Waals surface area (Å²) in [7, 11) is 0. The molecule has 2 heterocycles. The van der Waals surface area contributed by atoms with Gasteiger partial charge in [0.1, 0.15) is 5.82 Å². The van der Waals surface area contributed by atoms with Gasteiger partial charge in [-0.1, -0.05) is 20.3 Å². The molecule has 102 valence electrons. The zero-order chi connectivity index (χ0) is 13.0. The van der Waals surface area contributed by atoms with Crippen LogP contribution in [0, 0.1) is 5.41 Å². The van der Waals surface area contributed by atoms with E-state index in [9.17, 15) is 0 Å². The summed E-state index contributed by atoms with van der Waals surface area (Å²) in [6, 6.07) is 0. The molecule has 0 saturated carbocycles. The molecule has 0 spiro atoms. The minimum absolute atomic E-state index is 0.303. The fourth-order valence-corrected chi connectivity index (χ4v) is 2.33. The van der Waals surface area contributed by atoms with Gasteiger partial charge in [-0.25, -0.2) is 0 Å². The molecule has 18 heavy (non-hydrogen) atoms. The van der Waals surface area contributed by atoms with Crippen molar-refractivity contribution in [3.05, 3.63) is 5.82 Å². The molecule has 0 atom stereocenters. The molecule has 0 aromatic carbocycles. The average molecular weight is 251 g/mol. The number of hydrogen-bond donors (Lipinski definition) is 2. The molecular formula is C13H25N5. The molecule has 0 radical (unpaired) electrons. The number of aromatic amines is 1. The smallest absolute Gasteiger partial charge is 0.244 e. The van der Waals surface area contributed by atoms with Gasteiger partial charge >= 0.3 is 0 Å². The number of nitrogens with two attached hydrogens (primary N) is 1. The second kappa shape index (κ2) is 5.69. The quantitative estimate of drug-likeness (QED) is 0.836. The first kappa shape index (κ1) is 13.3. The van der Waals surface area contributed by atoms with Gasteiger partial charge in [0.15, 0.2) is 0 Å². The van der Waals surface area contributed by atoms with Crippen LogP contribution in [-0.2, 0) is 6.42 Å². The van der Waals surface area contributed by atoms with E-state index in [1.807, 2.05) is 0 Å². The fourth-order valence-electron chi connectivity index (χ4n) is 2.33. The molecule has 0 aliphatic carbocycles. The Kier molecular flexibility index (Phi) is 4.22. The summed E-state index contributed by atoms with van der Waals surface area (Å²) in [5, 5.41) is 7.37. The van der Waals surface area contributed by atoms with E-state index in [1.54, 1.807) is 0 Å². The molecule has 1 aliphatic rings. The average Bonchev–Trinajstić information content (AvgIpc) is 2.86. The zero-order valence-electron chi connectivity index (χ0n) is 11.6. The van der Waals surface area contributed by atoms with Crippen LogP contribution in [0.4, 0.5) is 5.95 Å². The molecule has 1 aromatic rings. The second-order valence-electron chi connectivity index (χ2n) is 5.69. The Labute approximate surface area is 109 Å². The van der Waals surface area contributed by atoms with E-state index in [1.165, 1.54) is 12.8 Å². The lowest BCUT2D eigenvalue weighted by molar-refractivity contribution is 0.257. The van der Waals surface area contributed by atoms with E-state index in [2.05, 4.69) is 33.9 Å². The highest BCUT2D eigenvalue weighted by atomic mass is 15.4. The van der Waals surface area contributed by atoms with Crippen LogP contribution in [0.1, 0.15) is 45.4 Å². The maximum Gasteiger partial charge on any atom is 0.244 e. The molecule has 1 aliphatic heterocycles. The monoisotopic (exact) mass is 251 g/mol. The minimum atomic E-state index is 0.303. The van der Waals surface area contributed by atoms with Gasteiger partial charge in [0.2, 0.25) is 5.95 Å². The van der Waals surface area contributed by atoms with Crippen LogP contribution in [-0.4, -0.2) is 34.8 Å². The van der Waals surface area contributed by atoms with Gasteiger partial charge < -0.3 is 10.6 Å². The Morgan fingerprint density at radius 2 is 2.11 bits per heavy atom. The number of H-pyrrole nitrogens is 1. The number of rotatable bonds is 5. The van der Waals surface area contributed by atoms with Crippen LogP contribution in [0.3, 0.4) is 0 Å². The Hall–Kier alpha value is -1.10. The number of anilines is 1. The van der Waals surface area contributed by atoms with Crippen molar-refractivity contribution in [3.63, 3.8) is 0 Å². The topological polar surface area (TPSA) is 70.8 Å². The van der Waals surface area contributed by atoms with Gasteiger partial charge in [0.05, 0.1) is 0 Å². The van der Waals surface area contributed by atoms with Crippen molar-refractivity contribution >= 4 is 5.95 Å². The molecular weight excluding hydrogens is 226 g/mol. The first-order chi connectivity index (χ1) is 8.67. The fraction of sp³-hybridized carbons (Fsp3) is 0.846. The van der Waals surface area contributed by atoms with Gasteiger partial charge in [0.25, 0.3) is 0 Å². The number of unbranched alkanes of at least 4 members (excludes halogenated alkanes) is 1. The van der Waals surface area contributed by atoms with Crippen LogP contribution in [0.5, 0.6) is 0 Å². The van der Waals surface area contributed by atoms with E-state index in [0.29, 0.717) is 5.41 Å². The highest BCUT2D eigenvalue weighted by molar-refractivity contribution is 5.29. The number of aryl methyl sites for hydroxylation is 1. The van der Waals surface area contributed by atoms with Crippen molar-refractivity contribution in [1.82, 2.24) is 15.2 Å². The van der Waals surface area contributed by atoms with Crippen molar-refractivity contribution in [2.45, 2.75) is 46.0 Å². The zero-order valence-corrected chi connectivity index (χ0v) is 11.6. The lowest BCUT2D eigenvalue weighted by atomic mass is 9.81. The standard InChI is InChI=1S/C13H25N5/c1-3-4-5-11-15-12(17-16-11)18-8-6-13(2,10-14)7-9-18/h3-10,14H2,1-2H3,(H,15,16,17). The van der Waals surface area contributed by atoms with E-state index in [4.69, 9.17) is 5.73 Å². The molecule has 2 rings (SSSR count). The Morgan fingerprint density at radius 3 is 2.72 bits per heavy atom. The Bertz CT molecular complexity index is 365. The summed E-state index contributed by atoms with van der Waals surface area (Å²) in [6.45, 7) is 7.26. The Morgan fingerprint density at radius 1 is 1.39 bits per heavy atom. The summed E-state index contributed by atoms with van der Waals surface area (Å²) in [4.78, 5) is 6.84. The van der Waals surface area contributed by atoms with Gasteiger partial charge in [-0.3, -0.25) is 5.10 Å². The molecule has 0 bridgehead atoms. The first-order valence-electron chi connectivity index (χ1n) is 7.03. The highest BCUT2D eigenvalue weighted by Crippen LogP contribution is 2.30. The van der Waals surface area contributed by atoms with Crippen LogP contribution >= 0.6 is 0 Å². The van der Waals surface area contributed by atoms with Crippen molar-refractivity contribution in [1.29, 1.82) is 0 Å². The van der Waals surface area contributed by atoms with Gasteiger partial charge in [-0.05, 0) is 31.2 Å². The summed E-state index contributed by atoms with van der Waals surface area (Å²) >= 11 is 0. The van der Waals surface area contributed by atoms with Crippen LogP contribution in [0.2, 0.25) is 0 Å². The van der Waals surface area contributed by atoms with Crippen molar-refractivity contribution in [2.75, 3.05) is 24.5 Å². The van der Waals surface area contributed by atoms with Crippen molar-refractivity contribution in [2.24, 2.45) is 11.1 Å². The Balaban J connectivity index is 1.91. The maximum absolute atomic E-state index is 5.82. The summed E-state index contributed by atoms with van der Waals surface area (Å²) in [5.41, 5.74) is 6.13. The lowest BCUT2D eigenvalue weighted by Crippen LogP contribution is -2.42. The van der Waals surface area contributed by atoms with Gasteiger partial charge in [-0.15, -0.1) is 5.10 Å². The van der Waals surface area contributed by atoms with E-state index in [-0.39, 0.29) is 0 Å². The molecule has 1 aromatic heterocycles. The third kappa shape index (κ3) is 3.02. The predicted octanol–water partition coefficient (Wildman–Crippen LogP) is 1.71. The summed E-state index contributed by atoms with van der Waals surface area (Å²) in [6.07, 6.45) is 5.61. The molecule has 5 nitrogen and oxygen atoms in total. The molecule has 3 N–H and O–H groups in total. The van der Waals surface area contributed by atoms with Gasteiger partial charge in [-0.2, -0.15) is 4.98 Å². The molecule has 0 amide bonds. The van der Waals surface area contributed by atoms with E-state index < -0.39 is 0 Å². The summed E-state index contributed by atoms with van der Waals surface area (Å²) < 4.78 is 0. The second-order valence-corrected chi connectivity index (χ2v) is 5.69. The number of hydrogen-bond acceptors (Lipinski definition) is 4. The van der Waals surface area contributed by atoms with Gasteiger partial charge in [0, 0.05) is 19.5 Å². The molecule has 5 heteroatoms. The van der Waals surface area contributed by atoms with Crippen LogP contribution in [0.25, 0.3) is 0 Å². The SMILES string of the molecule is CCCCc1nc(N2CCC(C)(CN)CC2)n[nH]1. The molecule has 0 unspecified atom stereocenters. The minimum Gasteiger partial charge on any atom is -0.340 e. The third-order valence-corrected chi connectivity index (χ3v) is 4.03. The van der Waals surface area contributed by atoms with E-state index in [0.717, 1.165) is 50.7 Å². The normalized spacial score (nSPS) is 19.2. The lowest BCUT2D eigenvalue weighted by Gasteiger charge is -2.38. The predicted molar refractivity (Wildman–Crippen MR) is 73.6 cm³/mol. The van der Waals surface area contributed by atoms with E-state index >= 15 is 0 Å². The molecule has 1 fully saturated rings. The third-order valence-electron chi connectivity index (χ3n) is 4.03. The number of piperidine rings is 1. The number of aromatic nitrogens is 3. The first-order valence-corrected chi connectivity index (χ1v) is 7.03. The number of nitrogens with one attached hydrogen (secondary N) is 1. The number of nitrogens with zero attached hydrogens (tertiary/aromatic N) is 3. The molecule has 1 saturated heterocycles. The van der Waals surface area contributed by atoms with Crippen LogP contribution in [0.15, 0.2) is 0 Å².